The predicted molar refractivity (Wildman–Crippen MR) is 98.5 cm³/mol. The van der Waals surface area contributed by atoms with Crippen molar-refractivity contribution in [3.8, 4) is 0 Å². The van der Waals surface area contributed by atoms with Crippen molar-refractivity contribution in [1.29, 1.82) is 0 Å². The number of benzene rings is 1. The molecule has 2 rings (SSSR count). The molecule has 0 saturated carbocycles. The Kier molecular flexibility index (Phi) is 6.46. The molecule has 3 N–H and O–H groups in total. The number of hydrogen-bond donors (Lipinski definition) is 3. The molecule has 0 radical (unpaired) electrons. The van der Waals surface area contributed by atoms with Gasteiger partial charge in [0.25, 0.3) is 0 Å². The maximum absolute atomic E-state index is 13.2. The summed E-state index contributed by atoms with van der Waals surface area (Å²) < 4.78 is 40.3. The SMILES string of the molecule is Cc1ccc(Nc2cc(C(F)(F)F)nc(N[C@H](CO)C(C)C)n2)c(Br)c1. The fraction of sp³-hybridized carbons (Fsp3) is 0.412. The molecule has 0 bridgehead atoms. The van der Waals surface area contributed by atoms with Gasteiger partial charge in [0, 0.05) is 10.5 Å². The van der Waals surface area contributed by atoms with Gasteiger partial charge in [-0.1, -0.05) is 19.9 Å². The highest BCUT2D eigenvalue weighted by molar-refractivity contribution is 9.10. The molecule has 26 heavy (non-hydrogen) atoms. The number of aliphatic hydroxyl groups excluding tert-OH is 1. The third-order valence-electron chi connectivity index (χ3n) is 3.72. The van der Waals surface area contributed by atoms with Crippen molar-refractivity contribution < 1.29 is 18.3 Å². The van der Waals surface area contributed by atoms with Crippen LogP contribution < -0.4 is 10.6 Å². The molecule has 1 atom stereocenters. The first kappa shape index (κ1) is 20.4. The Labute approximate surface area is 158 Å². The monoisotopic (exact) mass is 432 g/mol. The second kappa shape index (κ2) is 8.22. The third-order valence-corrected chi connectivity index (χ3v) is 4.38. The number of halogens is 4. The van der Waals surface area contributed by atoms with Gasteiger partial charge in [0.1, 0.15) is 5.82 Å². The fourth-order valence-electron chi connectivity index (χ4n) is 2.17. The van der Waals surface area contributed by atoms with E-state index in [4.69, 9.17) is 0 Å². The minimum Gasteiger partial charge on any atom is -0.394 e. The first-order valence-electron chi connectivity index (χ1n) is 7.97. The van der Waals surface area contributed by atoms with Gasteiger partial charge in [-0.05, 0) is 46.5 Å². The molecule has 1 heterocycles. The average Bonchev–Trinajstić information content (AvgIpc) is 2.54. The van der Waals surface area contributed by atoms with Crippen LogP contribution in [0.1, 0.15) is 25.1 Å². The molecule has 9 heteroatoms. The highest BCUT2D eigenvalue weighted by Gasteiger charge is 2.34. The second-order valence-electron chi connectivity index (χ2n) is 6.25. The minimum atomic E-state index is -4.62. The predicted octanol–water partition coefficient (Wildman–Crippen LogP) is 4.74. The Morgan fingerprint density at radius 3 is 2.42 bits per heavy atom. The normalized spacial score (nSPS) is 13.0. The van der Waals surface area contributed by atoms with Gasteiger partial charge < -0.3 is 15.7 Å². The van der Waals surface area contributed by atoms with Crippen LogP contribution in [0, 0.1) is 12.8 Å². The van der Waals surface area contributed by atoms with Gasteiger partial charge in [0.15, 0.2) is 5.69 Å². The van der Waals surface area contributed by atoms with Crippen molar-refractivity contribution in [2.45, 2.75) is 33.0 Å². The number of rotatable bonds is 6. The smallest absolute Gasteiger partial charge is 0.394 e. The number of nitrogens with one attached hydrogen (secondary N) is 2. The van der Waals surface area contributed by atoms with Gasteiger partial charge in [0.2, 0.25) is 5.95 Å². The zero-order chi connectivity index (χ0) is 19.5. The number of aliphatic hydroxyl groups is 1. The summed E-state index contributed by atoms with van der Waals surface area (Å²) in [5, 5.41) is 15.0. The molecule has 0 fully saturated rings. The van der Waals surface area contributed by atoms with Crippen molar-refractivity contribution in [3.63, 3.8) is 0 Å². The number of aromatic nitrogens is 2. The Balaban J connectivity index is 2.39. The molecule has 0 spiro atoms. The molecule has 142 valence electrons. The average molecular weight is 433 g/mol. The lowest BCUT2D eigenvalue weighted by atomic mass is 10.1. The first-order valence-corrected chi connectivity index (χ1v) is 8.76. The summed E-state index contributed by atoms with van der Waals surface area (Å²) in [4.78, 5) is 7.65. The summed E-state index contributed by atoms with van der Waals surface area (Å²) in [6.45, 7) is 5.33. The van der Waals surface area contributed by atoms with Gasteiger partial charge in [-0.2, -0.15) is 18.2 Å². The van der Waals surface area contributed by atoms with Gasteiger partial charge in [-0.3, -0.25) is 0 Å². The zero-order valence-electron chi connectivity index (χ0n) is 14.5. The molecular weight excluding hydrogens is 413 g/mol. The van der Waals surface area contributed by atoms with Crippen molar-refractivity contribution in [2.24, 2.45) is 5.92 Å². The third kappa shape index (κ3) is 5.31. The van der Waals surface area contributed by atoms with E-state index in [2.05, 4.69) is 36.5 Å². The van der Waals surface area contributed by atoms with Crippen molar-refractivity contribution in [2.75, 3.05) is 17.2 Å². The van der Waals surface area contributed by atoms with Gasteiger partial charge in [0.05, 0.1) is 18.3 Å². The van der Waals surface area contributed by atoms with E-state index in [0.717, 1.165) is 11.6 Å². The summed E-state index contributed by atoms with van der Waals surface area (Å²) in [6.07, 6.45) is -4.62. The van der Waals surface area contributed by atoms with Crippen LogP contribution in [-0.2, 0) is 6.18 Å². The van der Waals surface area contributed by atoms with E-state index < -0.39 is 17.9 Å². The van der Waals surface area contributed by atoms with E-state index in [9.17, 15) is 18.3 Å². The highest BCUT2D eigenvalue weighted by atomic mass is 79.9. The van der Waals surface area contributed by atoms with E-state index in [1.54, 1.807) is 6.07 Å². The Bertz CT molecular complexity index is 768. The number of anilines is 3. The van der Waals surface area contributed by atoms with E-state index in [0.29, 0.717) is 10.2 Å². The van der Waals surface area contributed by atoms with E-state index >= 15 is 0 Å². The van der Waals surface area contributed by atoms with Crippen LogP contribution in [0.4, 0.5) is 30.6 Å². The quantitative estimate of drug-likeness (QED) is 0.614. The number of nitrogens with zero attached hydrogens (tertiary/aromatic N) is 2. The van der Waals surface area contributed by atoms with Crippen molar-refractivity contribution in [1.82, 2.24) is 9.97 Å². The van der Waals surface area contributed by atoms with Crippen LogP contribution in [-0.4, -0.2) is 27.7 Å². The Morgan fingerprint density at radius 1 is 1.19 bits per heavy atom. The molecule has 1 aromatic heterocycles. The van der Waals surface area contributed by atoms with E-state index in [-0.39, 0.29) is 24.3 Å². The van der Waals surface area contributed by atoms with Crippen LogP contribution in [0.3, 0.4) is 0 Å². The largest absolute Gasteiger partial charge is 0.433 e. The molecule has 5 nitrogen and oxygen atoms in total. The lowest BCUT2D eigenvalue weighted by Crippen LogP contribution is -2.30. The minimum absolute atomic E-state index is 0.000163. The molecule has 0 unspecified atom stereocenters. The Hall–Kier alpha value is -1.87. The molecule has 1 aromatic carbocycles. The van der Waals surface area contributed by atoms with Gasteiger partial charge in [-0.15, -0.1) is 0 Å². The molecule has 0 aliphatic heterocycles. The van der Waals surface area contributed by atoms with Crippen molar-refractivity contribution in [3.05, 3.63) is 40.0 Å². The summed E-state index contributed by atoms with van der Waals surface area (Å²) in [6, 6.07) is 5.80. The summed E-state index contributed by atoms with van der Waals surface area (Å²) >= 11 is 3.37. The topological polar surface area (TPSA) is 70.1 Å². The molecule has 0 aliphatic rings. The molecular formula is C17H20BrF3N4O. The number of alkyl halides is 3. The zero-order valence-corrected chi connectivity index (χ0v) is 16.1. The van der Waals surface area contributed by atoms with E-state index in [1.165, 1.54) is 0 Å². The number of hydrogen-bond acceptors (Lipinski definition) is 5. The lowest BCUT2D eigenvalue weighted by molar-refractivity contribution is -0.141. The summed E-state index contributed by atoms with van der Waals surface area (Å²) in [5.41, 5.74) is 0.517. The van der Waals surface area contributed by atoms with Crippen molar-refractivity contribution >= 4 is 33.4 Å². The van der Waals surface area contributed by atoms with Crippen LogP contribution in [0.15, 0.2) is 28.7 Å². The van der Waals surface area contributed by atoms with Crippen LogP contribution >= 0.6 is 15.9 Å². The van der Waals surface area contributed by atoms with Crippen LogP contribution in [0.5, 0.6) is 0 Å². The maximum Gasteiger partial charge on any atom is 0.433 e. The highest BCUT2D eigenvalue weighted by Crippen LogP contribution is 2.32. The molecule has 0 amide bonds. The summed E-state index contributed by atoms with van der Waals surface area (Å²) in [5.74, 6) is -0.209. The summed E-state index contributed by atoms with van der Waals surface area (Å²) in [7, 11) is 0. The van der Waals surface area contributed by atoms with E-state index in [1.807, 2.05) is 32.9 Å². The van der Waals surface area contributed by atoms with Crippen LogP contribution in [0.25, 0.3) is 0 Å². The standard InChI is InChI=1S/C17H20BrF3N4O/c1-9(2)13(8-26)23-16-24-14(17(19,20)21)7-15(25-16)22-12-5-4-10(3)6-11(12)18/h4-7,9,13,26H,8H2,1-3H3,(H2,22,23,24,25)/t13-/m1/s1. The molecule has 0 aliphatic carbocycles. The fourth-order valence-corrected chi connectivity index (χ4v) is 2.76. The Morgan fingerprint density at radius 2 is 1.88 bits per heavy atom. The van der Waals surface area contributed by atoms with Gasteiger partial charge >= 0.3 is 6.18 Å². The first-order chi connectivity index (χ1) is 12.1. The molecule has 2 aromatic rings. The lowest BCUT2D eigenvalue weighted by Gasteiger charge is -2.21. The second-order valence-corrected chi connectivity index (χ2v) is 7.10. The number of aryl methyl sites for hydroxylation is 1. The van der Waals surface area contributed by atoms with Crippen LogP contribution in [0.2, 0.25) is 0 Å². The molecule has 0 saturated heterocycles. The maximum atomic E-state index is 13.2. The van der Waals surface area contributed by atoms with Gasteiger partial charge in [-0.25, -0.2) is 4.98 Å².